The maximum Gasteiger partial charge on any atom is 0.129 e. The van der Waals surface area contributed by atoms with Crippen molar-refractivity contribution in [3.8, 4) is 0 Å². The Hall–Kier alpha value is -1.68. The molecule has 0 amide bonds. The van der Waals surface area contributed by atoms with Crippen molar-refractivity contribution >= 4 is 0 Å². The molecule has 0 aliphatic heterocycles. The fourth-order valence-electron chi connectivity index (χ4n) is 2.21. The molecule has 0 atom stereocenters. The highest BCUT2D eigenvalue weighted by molar-refractivity contribution is 5.41. The summed E-state index contributed by atoms with van der Waals surface area (Å²) in [6.45, 7) is 1.97. The second kappa shape index (κ2) is 4.53. The van der Waals surface area contributed by atoms with Gasteiger partial charge in [-0.3, -0.25) is 0 Å². The highest BCUT2D eigenvalue weighted by Crippen LogP contribution is 2.35. The summed E-state index contributed by atoms with van der Waals surface area (Å²) < 4.78 is 0. The van der Waals surface area contributed by atoms with E-state index in [1.165, 1.54) is 0 Å². The van der Waals surface area contributed by atoms with Crippen LogP contribution in [0.4, 0.5) is 0 Å². The van der Waals surface area contributed by atoms with Crippen molar-refractivity contribution in [1.29, 1.82) is 0 Å². The van der Waals surface area contributed by atoms with Gasteiger partial charge in [0.05, 0.1) is 5.41 Å². The highest BCUT2D eigenvalue weighted by atomic mass is 15.1. The second-order valence-electron chi connectivity index (χ2n) is 4.79. The van der Waals surface area contributed by atoms with Gasteiger partial charge in [-0.05, 0) is 18.1 Å². The van der Waals surface area contributed by atoms with Crippen LogP contribution in [0.3, 0.4) is 0 Å². The Morgan fingerprint density at radius 1 is 0.667 bits per heavy atom. The normalized spacial score (nSPS) is 12.4. The highest BCUT2D eigenvalue weighted by Gasteiger charge is 2.42. The number of nitrogens with two attached hydrogens (primary N) is 3. The topological polar surface area (TPSA) is 78.1 Å². The van der Waals surface area contributed by atoms with Crippen molar-refractivity contribution < 1.29 is 0 Å². The van der Waals surface area contributed by atoms with Gasteiger partial charge < -0.3 is 17.2 Å². The summed E-state index contributed by atoms with van der Waals surface area (Å²) in [5, 5.41) is 0. The molecule has 0 fully saturated rings. The van der Waals surface area contributed by atoms with Gasteiger partial charge in [0.15, 0.2) is 0 Å². The first-order valence-corrected chi connectivity index (χ1v) is 5.94. The lowest BCUT2D eigenvalue weighted by atomic mass is 9.71. The average molecular weight is 241 g/mol. The molecule has 18 heavy (non-hydrogen) atoms. The molecule has 0 spiro atoms. The van der Waals surface area contributed by atoms with Gasteiger partial charge in [-0.25, -0.2) is 0 Å². The van der Waals surface area contributed by atoms with E-state index in [1.54, 1.807) is 0 Å². The Morgan fingerprint density at radius 3 is 1.28 bits per heavy atom. The van der Waals surface area contributed by atoms with Crippen LogP contribution < -0.4 is 17.2 Å². The van der Waals surface area contributed by atoms with Crippen LogP contribution in [0.2, 0.25) is 0 Å². The average Bonchev–Trinajstić information content (AvgIpc) is 2.38. The Morgan fingerprint density at radius 2 is 1.00 bits per heavy atom. The third kappa shape index (κ3) is 2.04. The third-order valence-corrected chi connectivity index (χ3v) is 3.57. The zero-order chi connectivity index (χ0) is 13.2. The number of hydrogen-bond acceptors (Lipinski definition) is 3. The predicted octanol–water partition coefficient (Wildman–Crippen LogP) is 1.52. The zero-order valence-electron chi connectivity index (χ0n) is 10.5. The van der Waals surface area contributed by atoms with Crippen molar-refractivity contribution in [3.05, 3.63) is 71.8 Å². The minimum absolute atomic E-state index is 0.643. The molecule has 0 saturated heterocycles. The molecule has 0 saturated carbocycles. The summed E-state index contributed by atoms with van der Waals surface area (Å²) in [5.41, 5.74) is 19.5. The van der Waals surface area contributed by atoms with Crippen molar-refractivity contribution in [3.63, 3.8) is 0 Å². The summed E-state index contributed by atoms with van der Waals surface area (Å²) in [5.74, 6) is -1.34. The van der Waals surface area contributed by atoms with Crippen molar-refractivity contribution in [2.45, 2.75) is 18.1 Å². The lowest BCUT2D eigenvalue weighted by Crippen LogP contribution is -2.70. The fourth-order valence-corrected chi connectivity index (χ4v) is 2.21. The van der Waals surface area contributed by atoms with E-state index < -0.39 is 11.2 Å². The summed E-state index contributed by atoms with van der Waals surface area (Å²) >= 11 is 0. The van der Waals surface area contributed by atoms with Gasteiger partial charge in [-0.2, -0.15) is 0 Å². The van der Waals surface area contributed by atoms with Crippen LogP contribution in [-0.2, 0) is 5.41 Å². The van der Waals surface area contributed by atoms with Crippen LogP contribution in [0.25, 0.3) is 0 Å². The molecule has 0 aliphatic rings. The number of benzene rings is 2. The zero-order valence-corrected chi connectivity index (χ0v) is 10.5. The van der Waals surface area contributed by atoms with E-state index in [0.717, 1.165) is 11.1 Å². The van der Waals surface area contributed by atoms with Crippen LogP contribution in [0.1, 0.15) is 18.1 Å². The Kier molecular flexibility index (Phi) is 3.22. The molecule has 0 aliphatic carbocycles. The Labute approximate surface area is 108 Å². The smallest absolute Gasteiger partial charge is 0.129 e. The quantitative estimate of drug-likeness (QED) is 0.713. The monoisotopic (exact) mass is 241 g/mol. The van der Waals surface area contributed by atoms with Crippen molar-refractivity contribution in [1.82, 2.24) is 0 Å². The predicted molar refractivity (Wildman–Crippen MR) is 74.6 cm³/mol. The molecule has 94 valence electrons. The van der Waals surface area contributed by atoms with E-state index in [9.17, 15) is 0 Å². The van der Waals surface area contributed by atoms with Gasteiger partial charge in [0, 0.05) is 0 Å². The molecule has 6 N–H and O–H groups in total. The first-order valence-electron chi connectivity index (χ1n) is 5.94. The maximum atomic E-state index is 6.03. The van der Waals surface area contributed by atoms with E-state index >= 15 is 0 Å². The molecule has 0 unspecified atom stereocenters. The number of hydrogen-bond donors (Lipinski definition) is 3. The van der Waals surface area contributed by atoms with E-state index in [2.05, 4.69) is 0 Å². The largest absolute Gasteiger partial charge is 0.300 e. The van der Waals surface area contributed by atoms with Crippen LogP contribution in [0, 0.1) is 0 Å². The van der Waals surface area contributed by atoms with Gasteiger partial charge in [0.2, 0.25) is 0 Å². The summed E-state index contributed by atoms with van der Waals surface area (Å²) in [4.78, 5) is 0. The molecular formula is C15H19N3. The minimum Gasteiger partial charge on any atom is -0.300 e. The minimum atomic E-state index is -1.34. The van der Waals surface area contributed by atoms with Crippen LogP contribution in [0.15, 0.2) is 60.7 Å². The lowest BCUT2D eigenvalue weighted by Gasteiger charge is -2.41. The molecule has 3 heteroatoms. The van der Waals surface area contributed by atoms with Crippen LogP contribution in [-0.4, -0.2) is 5.79 Å². The van der Waals surface area contributed by atoms with E-state index in [0.29, 0.717) is 0 Å². The van der Waals surface area contributed by atoms with Gasteiger partial charge >= 0.3 is 0 Å². The third-order valence-electron chi connectivity index (χ3n) is 3.57. The standard InChI is InChI=1S/C15H19N3/c1-14(15(16,17)18,12-8-4-2-5-9-12)13-10-6-3-7-11-13/h2-11H,16-18H2,1H3. The lowest BCUT2D eigenvalue weighted by molar-refractivity contribution is 0.296. The maximum absolute atomic E-state index is 6.03. The van der Waals surface area contributed by atoms with E-state index in [-0.39, 0.29) is 0 Å². The van der Waals surface area contributed by atoms with E-state index in [4.69, 9.17) is 17.2 Å². The van der Waals surface area contributed by atoms with Gasteiger partial charge in [-0.15, -0.1) is 0 Å². The summed E-state index contributed by atoms with van der Waals surface area (Å²) in [7, 11) is 0. The molecule has 0 heterocycles. The fraction of sp³-hybridized carbons (Fsp3) is 0.200. The van der Waals surface area contributed by atoms with Gasteiger partial charge in [0.25, 0.3) is 0 Å². The number of rotatable bonds is 3. The molecule has 2 aromatic rings. The second-order valence-corrected chi connectivity index (χ2v) is 4.79. The summed E-state index contributed by atoms with van der Waals surface area (Å²) in [6, 6.07) is 19.7. The summed E-state index contributed by atoms with van der Waals surface area (Å²) in [6.07, 6.45) is 0. The molecule has 3 nitrogen and oxygen atoms in total. The van der Waals surface area contributed by atoms with Crippen molar-refractivity contribution in [2.24, 2.45) is 17.2 Å². The molecule has 0 aromatic heterocycles. The van der Waals surface area contributed by atoms with Gasteiger partial charge in [0.1, 0.15) is 5.79 Å². The molecule has 0 bridgehead atoms. The molecule has 2 rings (SSSR count). The molecule has 0 radical (unpaired) electrons. The van der Waals surface area contributed by atoms with Crippen LogP contribution in [0.5, 0.6) is 0 Å². The van der Waals surface area contributed by atoms with E-state index in [1.807, 2.05) is 67.6 Å². The first-order chi connectivity index (χ1) is 8.46. The van der Waals surface area contributed by atoms with Gasteiger partial charge in [-0.1, -0.05) is 60.7 Å². The molecule has 2 aromatic carbocycles. The van der Waals surface area contributed by atoms with Crippen molar-refractivity contribution in [2.75, 3.05) is 0 Å². The SMILES string of the molecule is CC(c1ccccc1)(c1ccccc1)C(N)(N)N. The van der Waals surface area contributed by atoms with Crippen LogP contribution >= 0.6 is 0 Å². The Bertz CT molecular complexity index is 461. The first kappa shape index (κ1) is 12.8. The Balaban J connectivity index is 2.63. The molecular weight excluding hydrogens is 222 g/mol.